The Kier molecular flexibility index (Phi) is 7.49. The van der Waals surface area contributed by atoms with Crippen LogP contribution in [0.1, 0.15) is 11.1 Å². The minimum absolute atomic E-state index is 1.04. The van der Waals surface area contributed by atoms with Crippen LogP contribution in [0.5, 0.6) is 0 Å². The lowest BCUT2D eigenvalue weighted by Crippen LogP contribution is -1.75. The molecule has 0 fully saturated rings. The lowest BCUT2D eigenvalue weighted by atomic mass is 10.1. The number of hydrogen-bond acceptors (Lipinski definition) is 1. The lowest BCUT2D eigenvalue weighted by Gasteiger charge is -1.98. The van der Waals surface area contributed by atoms with Gasteiger partial charge in [0.15, 0.2) is 0 Å². The van der Waals surface area contributed by atoms with Gasteiger partial charge in [0.25, 0.3) is 0 Å². The van der Waals surface area contributed by atoms with Gasteiger partial charge in [-0.3, -0.25) is 0 Å². The first-order valence-corrected chi connectivity index (χ1v) is 10.2. The second-order valence-corrected chi connectivity index (χ2v) is 7.43. The Hall–Kier alpha value is -3.03. The van der Waals surface area contributed by atoms with Crippen molar-refractivity contribution in [3.63, 3.8) is 0 Å². The first kappa shape index (κ1) is 20.7. The monoisotopic (exact) mass is 394 g/mol. The molecule has 0 amide bonds. The van der Waals surface area contributed by atoms with Crippen molar-refractivity contribution in [1.82, 2.24) is 0 Å². The zero-order chi connectivity index (χ0) is 20.5. The van der Waals surface area contributed by atoms with Crippen LogP contribution >= 0.6 is 12.6 Å². The summed E-state index contributed by atoms with van der Waals surface area (Å²) in [6.07, 6.45) is 0. The predicted octanol–water partition coefficient (Wildman–Crippen LogP) is 8.27. The molecule has 5 aromatic carbocycles. The van der Waals surface area contributed by atoms with E-state index in [4.69, 9.17) is 0 Å². The minimum Gasteiger partial charge on any atom is -0.143 e. The molecule has 1 heteroatoms. The van der Waals surface area contributed by atoms with E-state index in [0.29, 0.717) is 0 Å². The summed E-state index contributed by atoms with van der Waals surface area (Å²) in [4.78, 5) is 1.04. The van der Waals surface area contributed by atoms with E-state index < -0.39 is 0 Å². The molecule has 5 rings (SSSR count). The quantitative estimate of drug-likeness (QED) is 0.251. The van der Waals surface area contributed by atoms with E-state index in [-0.39, 0.29) is 0 Å². The number of benzene rings is 5. The molecule has 5 aromatic rings. The summed E-state index contributed by atoms with van der Waals surface area (Å²) in [7, 11) is 0. The molecule has 0 saturated carbocycles. The molecule has 0 aliphatic rings. The average Bonchev–Trinajstić information content (AvgIpc) is 2.76. The summed E-state index contributed by atoms with van der Waals surface area (Å²) >= 11 is 4.35. The molecule has 0 radical (unpaired) electrons. The molecule has 0 saturated heterocycles. The smallest absolute Gasteiger partial charge is 0.0119 e. The number of aryl methyl sites for hydroxylation is 2. The van der Waals surface area contributed by atoms with E-state index in [2.05, 4.69) is 99.3 Å². The van der Waals surface area contributed by atoms with Crippen molar-refractivity contribution in [2.45, 2.75) is 18.7 Å². The maximum atomic E-state index is 4.35. The molecule has 0 atom stereocenters. The second kappa shape index (κ2) is 10.5. The number of thiol groups is 1. The fourth-order valence-electron chi connectivity index (χ4n) is 3.13. The SMILES string of the molecule is Cc1cccc2ccccc12.Cc1ccccc1.Sc1cccc2ccccc12. The standard InChI is InChI=1S/C11H10.C10H8S.C7H8/c1-9-5-4-7-10-6-2-3-8-11(9)10;11-10-7-3-5-8-4-1-2-6-9(8)10;1-7-5-3-2-4-6-7/h2-8H,1H3;1-7,11H;2-6H,1H3. The predicted molar refractivity (Wildman–Crippen MR) is 131 cm³/mol. The summed E-state index contributed by atoms with van der Waals surface area (Å²) < 4.78 is 0. The van der Waals surface area contributed by atoms with Crippen molar-refractivity contribution in [2.24, 2.45) is 0 Å². The van der Waals surface area contributed by atoms with E-state index >= 15 is 0 Å². The summed E-state index contributed by atoms with van der Waals surface area (Å²) in [6.45, 7) is 4.22. The van der Waals surface area contributed by atoms with Crippen LogP contribution < -0.4 is 0 Å². The maximum Gasteiger partial charge on any atom is 0.0119 e. The normalized spacial score (nSPS) is 9.90. The van der Waals surface area contributed by atoms with Gasteiger partial charge in [-0.25, -0.2) is 0 Å². The van der Waals surface area contributed by atoms with Crippen molar-refractivity contribution >= 4 is 34.2 Å². The van der Waals surface area contributed by atoms with Crippen LogP contribution in [-0.2, 0) is 0 Å². The van der Waals surface area contributed by atoms with Crippen molar-refractivity contribution in [3.05, 3.63) is 126 Å². The fraction of sp³-hybridized carbons (Fsp3) is 0.0714. The van der Waals surface area contributed by atoms with Gasteiger partial charge in [-0.2, -0.15) is 0 Å². The van der Waals surface area contributed by atoms with Gasteiger partial charge < -0.3 is 0 Å². The molecule has 0 N–H and O–H groups in total. The zero-order valence-corrected chi connectivity index (χ0v) is 17.8. The summed E-state index contributed by atoms with van der Waals surface area (Å²) in [5.74, 6) is 0. The highest BCUT2D eigenvalue weighted by molar-refractivity contribution is 7.80. The Morgan fingerprint density at radius 3 is 1.48 bits per heavy atom. The average molecular weight is 395 g/mol. The molecule has 0 heterocycles. The third kappa shape index (κ3) is 5.97. The lowest BCUT2D eigenvalue weighted by molar-refractivity contribution is 1.48. The zero-order valence-electron chi connectivity index (χ0n) is 16.9. The Morgan fingerprint density at radius 2 is 0.931 bits per heavy atom. The molecule has 0 unspecified atom stereocenters. The molecule has 29 heavy (non-hydrogen) atoms. The third-order valence-corrected chi connectivity index (χ3v) is 5.10. The summed E-state index contributed by atoms with van der Waals surface area (Å²) in [5, 5.41) is 5.15. The van der Waals surface area contributed by atoms with Crippen LogP contribution in [0.2, 0.25) is 0 Å². The van der Waals surface area contributed by atoms with Crippen LogP contribution in [0.25, 0.3) is 21.5 Å². The van der Waals surface area contributed by atoms with Crippen molar-refractivity contribution in [3.8, 4) is 0 Å². The van der Waals surface area contributed by atoms with Gasteiger partial charge in [0, 0.05) is 4.90 Å². The number of fused-ring (bicyclic) bond motifs is 2. The van der Waals surface area contributed by atoms with Crippen LogP contribution in [-0.4, -0.2) is 0 Å². The largest absolute Gasteiger partial charge is 0.143 e. The molecule has 0 aliphatic carbocycles. The van der Waals surface area contributed by atoms with Crippen molar-refractivity contribution in [1.29, 1.82) is 0 Å². The summed E-state index contributed by atoms with van der Waals surface area (Å²) in [6, 6.07) is 39.4. The molecular weight excluding hydrogens is 368 g/mol. The Balaban J connectivity index is 0.000000128. The second-order valence-electron chi connectivity index (χ2n) is 6.95. The minimum atomic E-state index is 1.04. The molecule has 0 aliphatic heterocycles. The fourth-order valence-corrected chi connectivity index (χ4v) is 3.42. The maximum absolute atomic E-state index is 4.35. The third-order valence-electron chi connectivity index (χ3n) is 4.71. The molecular formula is C28H26S. The topological polar surface area (TPSA) is 0 Å². The highest BCUT2D eigenvalue weighted by atomic mass is 32.1. The van der Waals surface area contributed by atoms with Crippen LogP contribution in [0.4, 0.5) is 0 Å². The Morgan fingerprint density at radius 1 is 0.448 bits per heavy atom. The summed E-state index contributed by atoms with van der Waals surface area (Å²) in [5.41, 5.74) is 2.67. The number of rotatable bonds is 0. The van der Waals surface area contributed by atoms with Crippen LogP contribution in [0.15, 0.2) is 120 Å². The Bertz CT molecular complexity index is 1090. The van der Waals surface area contributed by atoms with E-state index in [1.165, 1.54) is 32.7 Å². The highest BCUT2D eigenvalue weighted by Crippen LogP contribution is 2.20. The van der Waals surface area contributed by atoms with Gasteiger partial charge in [0.05, 0.1) is 0 Å². The van der Waals surface area contributed by atoms with Gasteiger partial charge >= 0.3 is 0 Å². The number of hydrogen-bond donors (Lipinski definition) is 1. The Labute approximate surface area is 179 Å². The molecule has 0 spiro atoms. The van der Waals surface area contributed by atoms with E-state index in [1.54, 1.807) is 0 Å². The first-order chi connectivity index (χ1) is 14.1. The van der Waals surface area contributed by atoms with Gasteiger partial charge in [-0.05, 0) is 47.0 Å². The van der Waals surface area contributed by atoms with Crippen molar-refractivity contribution in [2.75, 3.05) is 0 Å². The van der Waals surface area contributed by atoms with Gasteiger partial charge in [0.2, 0.25) is 0 Å². The molecule has 0 nitrogen and oxygen atoms in total. The van der Waals surface area contributed by atoms with E-state index in [1.807, 2.05) is 42.5 Å². The van der Waals surface area contributed by atoms with Crippen LogP contribution in [0, 0.1) is 13.8 Å². The molecule has 0 aromatic heterocycles. The molecule has 144 valence electrons. The molecule has 0 bridgehead atoms. The first-order valence-electron chi connectivity index (χ1n) is 9.78. The van der Waals surface area contributed by atoms with E-state index in [0.717, 1.165) is 4.90 Å². The highest BCUT2D eigenvalue weighted by Gasteiger charge is 1.93. The van der Waals surface area contributed by atoms with Gasteiger partial charge in [-0.1, -0.05) is 115 Å². The van der Waals surface area contributed by atoms with E-state index in [9.17, 15) is 0 Å². The van der Waals surface area contributed by atoms with Gasteiger partial charge in [-0.15, -0.1) is 12.6 Å². The van der Waals surface area contributed by atoms with Crippen LogP contribution in [0.3, 0.4) is 0 Å². The van der Waals surface area contributed by atoms with Gasteiger partial charge in [0.1, 0.15) is 0 Å². The van der Waals surface area contributed by atoms with Crippen molar-refractivity contribution < 1.29 is 0 Å².